The maximum absolute atomic E-state index is 13.2. The fraction of sp³-hybridized carbons (Fsp3) is 0.0833. The third-order valence-corrected chi connectivity index (χ3v) is 13.6. The van der Waals surface area contributed by atoms with Crippen LogP contribution in [0.4, 0.5) is 31.0 Å². The van der Waals surface area contributed by atoms with Gasteiger partial charge in [0.05, 0.1) is 23.5 Å². The second-order valence-corrected chi connectivity index (χ2v) is 19.9. The van der Waals surface area contributed by atoms with Gasteiger partial charge in [0.15, 0.2) is 4.60 Å². The van der Waals surface area contributed by atoms with Crippen LogP contribution in [-0.4, -0.2) is 78.8 Å². The van der Waals surface area contributed by atoms with Crippen molar-refractivity contribution in [3.05, 3.63) is 211 Å². The van der Waals surface area contributed by atoms with Gasteiger partial charge in [0.1, 0.15) is 51.5 Å². The molecular formula is C60H47BBrF3N15O2+. The molecule has 82 heavy (non-hydrogen) atoms. The maximum Gasteiger partial charge on any atom is 0.498 e. The number of benzene rings is 6. The first-order chi connectivity index (χ1) is 39.5. The van der Waals surface area contributed by atoms with Crippen LogP contribution in [0, 0.1) is 24.4 Å². The Labute approximate surface area is 476 Å². The third kappa shape index (κ3) is 12.7. The van der Waals surface area contributed by atoms with Crippen LogP contribution in [0.1, 0.15) is 20.8 Å². The number of hydrogen-bond acceptors (Lipinski definition) is 17. The second-order valence-electron chi connectivity index (χ2n) is 19.2. The predicted molar refractivity (Wildman–Crippen MR) is 315 cm³/mol. The number of anilines is 3. The Hall–Kier alpha value is -9.90. The molecule has 6 N–H and O–H groups in total. The Bertz CT molecular complexity index is 4060. The molecule has 1 saturated heterocycles. The molecule has 1 aliphatic rings. The average Bonchev–Trinajstić information content (AvgIpc) is 3.84. The van der Waals surface area contributed by atoms with E-state index >= 15 is 0 Å². The van der Waals surface area contributed by atoms with Crippen LogP contribution in [-0.2, 0) is 9.31 Å². The molecule has 22 heteroatoms. The lowest BCUT2D eigenvalue weighted by Crippen LogP contribution is -2.42. The van der Waals surface area contributed by atoms with Gasteiger partial charge in [-0.2, -0.15) is 0 Å². The largest absolute Gasteiger partial charge is 0.498 e. The highest BCUT2D eigenvalue weighted by Gasteiger charge is 2.57. The molecule has 1 atom stereocenters. The normalized spacial score (nSPS) is 14.3. The van der Waals surface area contributed by atoms with Crippen molar-refractivity contribution in [3.8, 4) is 56.3 Å². The summed E-state index contributed by atoms with van der Waals surface area (Å²) in [5, 5.41) is 26.5. The number of halogens is 4. The van der Waals surface area contributed by atoms with Gasteiger partial charge < -0.3 is 26.5 Å². The standard InChI is InChI=1S/2C18H12FN5.C15H17BNO2.C9H6BrFN4/c2*19-14-6-3-11(4-7-14)16-17(23-24-18(20)22-16)13-5-8-15-12(10-13)2-1-9-21-15;1-14(2)15(3,4)19-16(18-14)12-7-8-13-11(10-12)6-5-9-17-13;10-8-7(13-9(12)15-14-8)5-1-3-6(11)4-2-5/h2*1-10H,(H2,20,22,24);5-10H,1H2,2-4H3;1-4H,(H2,12,13,15)/q;;+1;. The molecule has 0 spiro atoms. The van der Waals surface area contributed by atoms with Gasteiger partial charge in [-0.1, -0.05) is 42.5 Å². The Morgan fingerprint density at radius 2 is 0.793 bits per heavy atom. The van der Waals surface area contributed by atoms with Gasteiger partial charge in [0.2, 0.25) is 23.4 Å². The molecule has 13 rings (SSSR count). The van der Waals surface area contributed by atoms with E-state index in [1.54, 1.807) is 55.0 Å². The van der Waals surface area contributed by atoms with Gasteiger partial charge >= 0.3 is 7.12 Å². The monoisotopic (exact) mass is 1160 g/mol. The molecule has 0 bridgehead atoms. The third-order valence-electron chi connectivity index (χ3n) is 13.1. The first-order valence-electron chi connectivity index (χ1n) is 25.2. The van der Waals surface area contributed by atoms with E-state index in [-0.39, 0.29) is 42.4 Å². The van der Waals surface area contributed by atoms with Crippen LogP contribution in [0.25, 0.3) is 89.0 Å². The van der Waals surface area contributed by atoms with Crippen molar-refractivity contribution >= 4 is 79.1 Å². The minimum atomic E-state index is -0.554. The fourth-order valence-corrected chi connectivity index (χ4v) is 8.81. The van der Waals surface area contributed by atoms with E-state index in [2.05, 4.69) is 89.4 Å². The molecule has 1 aliphatic heterocycles. The number of nitrogens with two attached hydrogens (primary N) is 3. The molecular weight excluding hydrogens is 1110 g/mol. The SMILES string of the molecule is Nc1nnc(-c2ccc3ncccc3c2)c(-c2ccc(F)cc2)n1.Nc1nnc(-c2ccc3ncccc3c2)c(-c2ccc(F)cc2)n1.Nc1nnc(Br)c(-c2ccc(F)cc2)n1.[CH2+]C1(C)OB(c2ccc3ncccc3c2)OC1(C)C. The van der Waals surface area contributed by atoms with E-state index in [4.69, 9.17) is 26.5 Å². The van der Waals surface area contributed by atoms with Crippen LogP contribution in [0.15, 0.2) is 187 Å². The summed E-state index contributed by atoms with van der Waals surface area (Å²) in [5.41, 5.74) is 26.3. The van der Waals surface area contributed by atoms with Crippen molar-refractivity contribution in [2.45, 2.75) is 32.0 Å². The Kier molecular flexibility index (Phi) is 16.1. The molecule has 7 heterocycles. The Morgan fingerprint density at radius 1 is 0.427 bits per heavy atom. The lowest BCUT2D eigenvalue weighted by Gasteiger charge is -2.25. The highest BCUT2D eigenvalue weighted by molar-refractivity contribution is 9.10. The number of aromatic nitrogens is 12. The van der Waals surface area contributed by atoms with Crippen molar-refractivity contribution in [2.75, 3.05) is 17.2 Å². The summed E-state index contributed by atoms with van der Waals surface area (Å²) >= 11 is 3.20. The smallest absolute Gasteiger partial charge is 0.395 e. The van der Waals surface area contributed by atoms with Crippen LogP contribution >= 0.6 is 15.9 Å². The second kappa shape index (κ2) is 23.8. The number of pyridine rings is 3. The summed E-state index contributed by atoms with van der Waals surface area (Å²) in [6.07, 6.45) is 5.29. The molecule has 0 saturated carbocycles. The van der Waals surface area contributed by atoms with Crippen LogP contribution in [0.5, 0.6) is 0 Å². The number of hydrogen-bond donors (Lipinski definition) is 3. The van der Waals surface area contributed by atoms with Gasteiger partial charge in [0.25, 0.3) is 0 Å². The zero-order valence-corrected chi connectivity index (χ0v) is 45.6. The highest BCUT2D eigenvalue weighted by Crippen LogP contribution is 2.37. The molecule has 17 nitrogen and oxygen atoms in total. The van der Waals surface area contributed by atoms with E-state index in [0.29, 0.717) is 33.1 Å². The van der Waals surface area contributed by atoms with Crippen LogP contribution in [0.2, 0.25) is 0 Å². The minimum Gasteiger partial charge on any atom is -0.395 e. The quantitative estimate of drug-likeness (QED) is 0.103. The average molecular weight is 1160 g/mol. The molecule has 1 fully saturated rings. The van der Waals surface area contributed by atoms with Crippen molar-refractivity contribution in [2.24, 2.45) is 0 Å². The Balaban J connectivity index is 0.000000124. The zero-order chi connectivity index (χ0) is 57.5. The Morgan fingerprint density at radius 3 is 1.21 bits per heavy atom. The van der Waals surface area contributed by atoms with E-state index in [1.807, 2.05) is 106 Å². The molecule has 6 aromatic carbocycles. The lowest BCUT2D eigenvalue weighted by molar-refractivity contribution is 0.0262. The molecule has 12 aromatic rings. The molecule has 1 unspecified atom stereocenters. The van der Waals surface area contributed by atoms with Gasteiger partial charge in [-0.25, -0.2) is 28.1 Å². The summed E-state index contributed by atoms with van der Waals surface area (Å²) < 4.78 is 51.5. The van der Waals surface area contributed by atoms with Crippen LogP contribution < -0.4 is 22.7 Å². The summed E-state index contributed by atoms with van der Waals surface area (Å²) in [5.74, 6) is -0.706. The summed E-state index contributed by atoms with van der Waals surface area (Å²) in [6.45, 7) is 10.1. The first kappa shape index (κ1) is 55.4. The van der Waals surface area contributed by atoms with E-state index in [1.165, 1.54) is 36.4 Å². The number of nitrogens with zero attached hydrogens (tertiary/aromatic N) is 12. The lowest BCUT2D eigenvalue weighted by atomic mass is 9.78. The first-order valence-corrected chi connectivity index (χ1v) is 26.0. The minimum absolute atomic E-state index is 0.0699. The van der Waals surface area contributed by atoms with E-state index in [0.717, 1.165) is 66.0 Å². The van der Waals surface area contributed by atoms with Crippen molar-refractivity contribution in [3.63, 3.8) is 0 Å². The van der Waals surface area contributed by atoms with Crippen molar-refractivity contribution < 1.29 is 22.5 Å². The number of nitrogen functional groups attached to an aromatic ring is 3. The highest BCUT2D eigenvalue weighted by atomic mass is 79.9. The van der Waals surface area contributed by atoms with Gasteiger partial charge in [-0.3, -0.25) is 15.0 Å². The fourth-order valence-electron chi connectivity index (χ4n) is 8.42. The van der Waals surface area contributed by atoms with E-state index in [9.17, 15) is 13.2 Å². The van der Waals surface area contributed by atoms with Gasteiger partial charge in [0, 0.05) is 64.1 Å². The molecule has 404 valence electrons. The molecule has 0 aliphatic carbocycles. The van der Waals surface area contributed by atoms with Gasteiger partial charge in [-0.15, -0.1) is 30.6 Å². The molecule has 0 amide bonds. The summed E-state index contributed by atoms with van der Waals surface area (Å²) in [6, 6.07) is 47.3. The number of rotatable bonds is 6. The summed E-state index contributed by atoms with van der Waals surface area (Å²) in [7, 11) is -0.373. The molecule has 0 radical (unpaired) electrons. The van der Waals surface area contributed by atoms with E-state index < -0.39 is 11.2 Å². The predicted octanol–water partition coefficient (Wildman–Crippen LogP) is 11.3. The topological polar surface area (TPSA) is 251 Å². The zero-order valence-electron chi connectivity index (χ0n) is 44.0. The molecule has 6 aromatic heterocycles. The van der Waals surface area contributed by atoms with Crippen LogP contribution in [0.3, 0.4) is 0 Å². The van der Waals surface area contributed by atoms with Crippen molar-refractivity contribution in [1.82, 2.24) is 60.5 Å². The van der Waals surface area contributed by atoms with Crippen molar-refractivity contribution in [1.29, 1.82) is 0 Å². The number of fused-ring (bicyclic) bond motifs is 3. The maximum atomic E-state index is 13.2. The van der Waals surface area contributed by atoms with Gasteiger partial charge in [-0.05, 0) is 162 Å². The summed E-state index contributed by atoms with van der Waals surface area (Å²) in [4.78, 5) is 25.5.